The van der Waals surface area contributed by atoms with E-state index in [9.17, 15) is 9.18 Å². The van der Waals surface area contributed by atoms with Crippen LogP contribution in [0.5, 0.6) is 0 Å². The molecule has 0 spiro atoms. The number of hydrogen-bond donors (Lipinski definition) is 0. The fourth-order valence-electron chi connectivity index (χ4n) is 2.79. The molecule has 4 heteroatoms. The molecule has 0 aromatic carbocycles. The average Bonchev–Trinajstić information content (AvgIpc) is 2.14. The zero-order valence-corrected chi connectivity index (χ0v) is 11.2. The maximum Gasteiger partial charge on any atom is 0.368 e. The van der Waals surface area contributed by atoms with E-state index >= 15 is 0 Å². The van der Waals surface area contributed by atoms with Crippen LogP contribution in [0, 0.1) is 11.3 Å². The van der Waals surface area contributed by atoms with Gasteiger partial charge in [0.15, 0.2) is 0 Å². The predicted molar refractivity (Wildman–Crippen MR) is 63.2 cm³/mol. The van der Waals surface area contributed by atoms with Crippen LogP contribution in [0.1, 0.15) is 47.0 Å². The molecule has 0 N–H and O–H groups in total. The van der Waals surface area contributed by atoms with Crippen molar-refractivity contribution in [2.45, 2.75) is 59.4 Å². The molecule has 3 atom stereocenters. The van der Waals surface area contributed by atoms with E-state index in [0.717, 1.165) is 19.3 Å². The van der Waals surface area contributed by atoms with Crippen molar-refractivity contribution >= 4 is 5.97 Å². The molecule has 17 heavy (non-hydrogen) atoms. The highest BCUT2D eigenvalue weighted by Crippen LogP contribution is 2.40. The third-order valence-corrected chi connectivity index (χ3v) is 3.13. The van der Waals surface area contributed by atoms with Gasteiger partial charge < -0.3 is 9.47 Å². The van der Waals surface area contributed by atoms with E-state index in [4.69, 9.17) is 4.74 Å². The van der Waals surface area contributed by atoms with E-state index in [1.165, 1.54) is 0 Å². The molecule has 1 aliphatic rings. The number of carbonyl (C=O) groups excluding carboxylic acids is 1. The fourth-order valence-corrected chi connectivity index (χ4v) is 2.79. The van der Waals surface area contributed by atoms with E-state index in [-0.39, 0.29) is 18.1 Å². The van der Waals surface area contributed by atoms with Gasteiger partial charge in [0, 0.05) is 0 Å². The highest BCUT2D eigenvalue weighted by Gasteiger charge is 2.35. The smallest absolute Gasteiger partial charge is 0.368 e. The number of rotatable bonds is 4. The van der Waals surface area contributed by atoms with Gasteiger partial charge in [-0.3, -0.25) is 0 Å². The zero-order valence-electron chi connectivity index (χ0n) is 11.2. The Balaban J connectivity index is 2.48. The quantitative estimate of drug-likeness (QED) is 0.715. The maximum atomic E-state index is 13.5. The Labute approximate surface area is 103 Å². The first-order chi connectivity index (χ1) is 7.84. The van der Waals surface area contributed by atoms with Crippen molar-refractivity contribution < 1.29 is 18.7 Å². The number of hydrogen-bond acceptors (Lipinski definition) is 3. The summed E-state index contributed by atoms with van der Waals surface area (Å²) < 4.78 is 23.2. The minimum atomic E-state index is -1.94. The van der Waals surface area contributed by atoms with Crippen LogP contribution in [0.2, 0.25) is 0 Å². The molecule has 0 aromatic heterocycles. The Morgan fingerprint density at radius 1 is 1.47 bits per heavy atom. The minimum absolute atomic E-state index is 0.150. The number of ether oxygens (including phenoxy) is 2. The highest BCUT2D eigenvalue weighted by atomic mass is 19.1. The van der Waals surface area contributed by atoms with E-state index in [2.05, 4.69) is 25.5 Å². The van der Waals surface area contributed by atoms with Gasteiger partial charge in [-0.25, -0.2) is 9.18 Å². The summed E-state index contributed by atoms with van der Waals surface area (Å²) in [5.41, 5.74) is 0.150. The van der Waals surface area contributed by atoms with Gasteiger partial charge in [-0.1, -0.05) is 20.8 Å². The van der Waals surface area contributed by atoms with E-state index in [0.29, 0.717) is 5.92 Å². The lowest BCUT2D eigenvalue weighted by Crippen LogP contribution is -2.36. The maximum absolute atomic E-state index is 13.5. The van der Waals surface area contributed by atoms with Crippen LogP contribution in [0.4, 0.5) is 4.39 Å². The summed E-state index contributed by atoms with van der Waals surface area (Å²) in [5.74, 6) is -0.415. The van der Waals surface area contributed by atoms with Gasteiger partial charge in [-0.15, -0.1) is 0 Å². The van der Waals surface area contributed by atoms with Gasteiger partial charge in [0.25, 0.3) is 6.36 Å². The first kappa shape index (κ1) is 14.4. The Morgan fingerprint density at radius 2 is 2.12 bits per heavy atom. The summed E-state index contributed by atoms with van der Waals surface area (Å²) in [4.78, 5) is 11.1. The Kier molecular flexibility index (Phi) is 4.92. The van der Waals surface area contributed by atoms with Gasteiger partial charge in [-0.2, -0.15) is 0 Å². The SMILES string of the molecule is CCOC(=O)C(F)OC1CC(C)CC(C)(C)C1. The highest BCUT2D eigenvalue weighted by molar-refractivity contribution is 5.72. The molecule has 1 rings (SSSR count). The number of halogens is 1. The van der Waals surface area contributed by atoms with E-state index < -0.39 is 12.3 Å². The topological polar surface area (TPSA) is 35.5 Å². The Morgan fingerprint density at radius 3 is 2.65 bits per heavy atom. The lowest BCUT2D eigenvalue weighted by molar-refractivity contribution is -0.182. The second kappa shape index (κ2) is 5.80. The Hall–Kier alpha value is -0.640. The van der Waals surface area contributed by atoms with Gasteiger partial charge in [0.05, 0.1) is 12.7 Å². The van der Waals surface area contributed by atoms with Gasteiger partial charge >= 0.3 is 5.97 Å². The molecule has 0 bridgehead atoms. The summed E-state index contributed by atoms with van der Waals surface area (Å²) in [6, 6.07) is 0. The molecule has 3 unspecified atom stereocenters. The predicted octanol–water partition coefficient (Wildman–Crippen LogP) is 3.08. The molecule has 0 saturated heterocycles. The summed E-state index contributed by atoms with van der Waals surface area (Å²) in [6.45, 7) is 8.26. The monoisotopic (exact) mass is 246 g/mol. The summed E-state index contributed by atoms with van der Waals surface area (Å²) in [7, 11) is 0. The van der Waals surface area contributed by atoms with Gasteiger partial charge in [0.1, 0.15) is 0 Å². The second-order valence-electron chi connectivity index (χ2n) is 5.74. The third-order valence-electron chi connectivity index (χ3n) is 3.13. The summed E-state index contributed by atoms with van der Waals surface area (Å²) in [5, 5.41) is 0. The zero-order chi connectivity index (χ0) is 13.1. The number of carbonyl (C=O) groups is 1. The van der Waals surface area contributed by atoms with Crippen molar-refractivity contribution in [3.63, 3.8) is 0 Å². The fraction of sp³-hybridized carbons (Fsp3) is 0.923. The molecule has 1 aliphatic carbocycles. The largest absolute Gasteiger partial charge is 0.462 e. The van der Waals surface area contributed by atoms with Crippen molar-refractivity contribution in [2.24, 2.45) is 11.3 Å². The first-order valence-electron chi connectivity index (χ1n) is 6.30. The summed E-state index contributed by atoms with van der Waals surface area (Å²) >= 11 is 0. The molecular weight excluding hydrogens is 223 g/mol. The Bertz CT molecular complexity index is 265. The molecule has 0 amide bonds. The lowest BCUT2D eigenvalue weighted by Gasteiger charge is -2.38. The third kappa shape index (κ3) is 4.62. The molecule has 1 saturated carbocycles. The number of alkyl halides is 1. The van der Waals surface area contributed by atoms with Crippen LogP contribution in [0.3, 0.4) is 0 Å². The van der Waals surface area contributed by atoms with Crippen molar-refractivity contribution in [3.05, 3.63) is 0 Å². The van der Waals surface area contributed by atoms with Gasteiger partial charge in [-0.05, 0) is 37.5 Å². The van der Waals surface area contributed by atoms with Crippen molar-refractivity contribution in [3.8, 4) is 0 Å². The van der Waals surface area contributed by atoms with Gasteiger partial charge in [0.2, 0.25) is 0 Å². The van der Waals surface area contributed by atoms with Crippen molar-refractivity contribution in [2.75, 3.05) is 6.61 Å². The molecule has 0 aromatic rings. The molecule has 0 aliphatic heterocycles. The molecule has 0 heterocycles. The van der Waals surface area contributed by atoms with Crippen LogP contribution < -0.4 is 0 Å². The van der Waals surface area contributed by atoms with Crippen molar-refractivity contribution in [1.82, 2.24) is 0 Å². The van der Waals surface area contributed by atoms with Crippen LogP contribution in [-0.4, -0.2) is 25.0 Å². The molecule has 1 fully saturated rings. The average molecular weight is 246 g/mol. The minimum Gasteiger partial charge on any atom is -0.462 e. The van der Waals surface area contributed by atoms with Crippen LogP contribution in [0.15, 0.2) is 0 Å². The standard InChI is InChI=1S/C13H23FO3/c1-5-16-12(15)11(14)17-10-6-9(2)7-13(3,4)8-10/h9-11H,5-8H2,1-4H3. The van der Waals surface area contributed by atoms with E-state index in [1.807, 2.05) is 0 Å². The summed E-state index contributed by atoms with van der Waals surface area (Å²) in [6.07, 6.45) is 0.582. The van der Waals surface area contributed by atoms with Crippen LogP contribution >= 0.6 is 0 Å². The van der Waals surface area contributed by atoms with E-state index in [1.54, 1.807) is 6.92 Å². The first-order valence-corrected chi connectivity index (χ1v) is 6.30. The molecule has 100 valence electrons. The van der Waals surface area contributed by atoms with Crippen LogP contribution in [-0.2, 0) is 14.3 Å². The normalized spacial score (nSPS) is 29.7. The molecule has 0 radical (unpaired) electrons. The molecular formula is C13H23FO3. The van der Waals surface area contributed by atoms with Crippen molar-refractivity contribution in [1.29, 1.82) is 0 Å². The van der Waals surface area contributed by atoms with Crippen LogP contribution in [0.25, 0.3) is 0 Å². The number of esters is 1. The molecule has 3 nitrogen and oxygen atoms in total. The second-order valence-corrected chi connectivity index (χ2v) is 5.74. The lowest BCUT2D eigenvalue weighted by atomic mass is 9.71.